The van der Waals surface area contributed by atoms with Gasteiger partial charge in [-0.2, -0.15) is 17.5 Å². The first-order valence-corrected chi connectivity index (χ1v) is 10.3. The Bertz CT molecular complexity index is 938. The fourth-order valence-electron chi connectivity index (χ4n) is 2.86. The van der Waals surface area contributed by atoms with Crippen LogP contribution >= 0.6 is 0 Å². The van der Waals surface area contributed by atoms with Gasteiger partial charge in [0.2, 0.25) is 10.0 Å². The maximum atomic E-state index is 13.9. The number of hydrogen-bond acceptors (Lipinski definition) is 2. The Labute approximate surface area is 159 Å². The van der Waals surface area contributed by atoms with Crippen molar-refractivity contribution < 1.29 is 30.4 Å². The van der Waals surface area contributed by atoms with Crippen molar-refractivity contribution in [3.8, 4) is 0 Å². The molecule has 0 unspecified atom stereocenters. The van der Waals surface area contributed by atoms with Crippen LogP contribution in [0.1, 0.15) is 29.5 Å². The molecule has 0 aliphatic heterocycles. The van der Waals surface area contributed by atoms with Gasteiger partial charge in [-0.15, -0.1) is 0 Å². The van der Waals surface area contributed by atoms with Gasteiger partial charge in [0.25, 0.3) is 0 Å². The summed E-state index contributed by atoms with van der Waals surface area (Å²) in [7, 11) is -3.77. The summed E-state index contributed by atoms with van der Waals surface area (Å²) in [5, 5.41) is 0. The molecule has 0 aromatic heterocycles. The quantitative estimate of drug-likeness (QED) is 0.619. The zero-order valence-corrected chi connectivity index (χ0v) is 15.5. The number of benzene rings is 2. The molecule has 3 nitrogen and oxygen atoms in total. The van der Waals surface area contributed by atoms with Crippen LogP contribution in [0, 0.1) is 11.6 Å². The van der Waals surface area contributed by atoms with Gasteiger partial charge < -0.3 is 0 Å². The lowest BCUT2D eigenvalue weighted by atomic mass is 10.1. The molecule has 1 saturated carbocycles. The van der Waals surface area contributed by atoms with Crippen LogP contribution in [-0.2, 0) is 29.2 Å². The van der Waals surface area contributed by atoms with Gasteiger partial charge in [-0.1, -0.05) is 18.2 Å². The maximum absolute atomic E-state index is 13.9. The Kier molecular flexibility index (Phi) is 5.77. The van der Waals surface area contributed by atoms with Crippen LogP contribution in [0.2, 0.25) is 0 Å². The van der Waals surface area contributed by atoms with E-state index in [0.717, 1.165) is 18.2 Å². The first kappa shape index (κ1) is 20.7. The highest BCUT2D eigenvalue weighted by Gasteiger charge is 2.37. The van der Waals surface area contributed by atoms with Gasteiger partial charge in [0.15, 0.2) is 0 Å². The van der Waals surface area contributed by atoms with Crippen LogP contribution in [0.4, 0.5) is 22.0 Å². The minimum absolute atomic E-state index is 0.0373. The average Bonchev–Trinajstić information content (AvgIpc) is 3.43. The number of nitrogens with zero attached hydrogens (tertiary/aromatic N) is 1. The van der Waals surface area contributed by atoms with E-state index in [2.05, 4.69) is 0 Å². The van der Waals surface area contributed by atoms with Crippen LogP contribution in [0.3, 0.4) is 0 Å². The lowest BCUT2D eigenvalue weighted by Crippen LogP contribution is -2.35. The molecule has 1 fully saturated rings. The number of aryl methyl sites for hydroxylation is 1. The molecule has 28 heavy (non-hydrogen) atoms. The Hall–Kier alpha value is -2.00. The van der Waals surface area contributed by atoms with Crippen LogP contribution < -0.4 is 0 Å². The van der Waals surface area contributed by atoms with Crippen molar-refractivity contribution in [1.29, 1.82) is 0 Å². The molecule has 1 aliphatic carbocycles. The van der Waals surface area contributed by atoms with E-state index in [9.17, 15) is 30.4 Å². The fourth-order valence-corrected chi connectivity index (χ4v) is 4.59. The van der Waals surface area contributed by atoms with Gasteiger partial charge in [0, 0.05) is 24.2 Å². The maximum Gasteiger partial charge on any atom is 0.416 e. The monoisotopic (exact) mass is 419 g/mol. The van der Waals surface area contributed by atoms with E-state index in [-0.39, 0.29) is 30.3 Å². The summed E-state index contributed by atoms with van der Waals surface area (Å²) in [5.74, 6) is -1.87. The summed E-state index contributed by atoms with van der Waals surface area (Å²) < 4.78 is 91.5. The van der Waals surface area contributed by atoms with Crippen LogP contribution in [0.25, 0.3) is 0 Å². The predicted octanol–water partition coefficient (Wildman–Crippen LogP) is 4.52. The highest BCUT2D eigenvalue weighted by Crippen LogP contribution is 2.32. The Morgan fingerprint density at radius 1 is 1.00 bits per heavy atom. The van der Waals surface area contributed by atoms with Crippen molar-refractivity contribution >= 4 is 10.0 Å². The number of alkyl halides is 3. The topological polar surface area (TPSA) is 37.4 Å². The molecular formula is C19H18F5NO2S. The molecule has 0 spiro atoms. The summed E-state index contributed by atoms with van der Waals surface area (Å²) in [6.07, 6.45) is -3.10. The zero-order valence-electron chi connectivity index (χ0n) is 14.7. The smallest absolute Gasteiger partial charge is 0.212 e. The van der Waals surface area contributed by atoms with Crippen molar-refractivity contribution in [1.82, 2.24) is 4.31 Å². The largest absolute Gasteiger partial charge is 0.416 e. The van der Waals surface area contributed by atoms with E-state index in [1.54, 1.807) is 0 Å². The third-order valence-electron chi connectivity index (χ3n) is 4.58. The second kappa shape index (κ2) is 7.79. The summed E-state index contributed by atoms with van der Waals surface area (Å²) >= 11 is 0. The molecule has 152 valence electrons. The molecular weight excluding hydrogens is 401 g/mol. The molecule has 0 saturated heterocycles. The van der Waals surface area contributed by atoms with Crippen LogP contribution in [-0.4, -0.2) is 24.5 Å². The summed E-state index contributed by atoms with van der Waals surface area (Å²) in [6.45, 7) is -0.202. The van der Waals surface area contributed by atoms with E-state index in [4.69, 9.17) is 0 Å². The first-order valence-electron chi connectivity index (χ1n) is 8.66. The molecule has 1 aliphatic rings. The molecule has 0 heterocycles. The minimum atomic E-state index is -4.45. The standard InChI is InChI=1S/C19H18F5NO2S/c20-16-6-3-14(18(21)11-16)12-25(17-7-8-17)28(26,27)10-9-13-1-4-15(5-2-13)19(22,23)24/h1-6,11,17H,7-10,12H2. The van der Waals surface area contributed by atoms with E-state index in [1.807, 2.05) is 0 Å². The number of halogens is 5. The van der Waals surface area contributed by atoms with Gasteiger partial charge >= 0.3 is 6.18 Å². The van der Waals surface area contributed by atoms with E-state index in [1.165, 1.54) is 22.5 Å². The third-order valence-corrected chi connectivity index (χ3v) is 6.44. The van der Waals surface area contributed by atoms with Crippen molar-refractivity contribution in [2.24, 2.45) is 0 Å². The van der Waals surface area contributed by atoms with Crippen molar-refractivity contribution in [2.75, 3.05) is 5.75 Å². The number of rotatable bonds is 7. The van der Waals surface area contributed by atoms with Gasteiger partial charge in [-0.05, 0) is 43.0 Å². The van der Waals surface area contributed by atoms with Crippen LogP contribution in [0.15, 0.2) is 42.5 Å². The molecule has 2 aromatic carbocycles. The lowest BCUT2D eigenvalue weighted by molar-refractivity contribution is -0.137. The minimum Gasteiger partial charge on any atom is -0.212 e. The normalized spacial score (nSPS) is 15.2. The van der Waals surface area contributed by atoms with E-state index in [0.29, 0.717) is 24.5 Å². The van der Waals surface area contributed by atoms with Crippen molar-refractivity contribution in [2.45, 2.75) is 38.0 Å². The van der Waals surface area contributed by atoms with Crippen molar-refractivity contribution in [3.63, 3.8) is 0 Å². The molecule has 2 aromatic rings. The van der Waals surface area contributed by atoms with Crippen LogP contribution in [0.5, 0.6) is 0 Å². The van der Waals surface area contributed by atoms with Crippen molar-refractivity contribution in [3.05, 3.63) is 70.8 Å². The summed E-state index contributed by atoms with van der Waals surface area (Å²) in [6, 6.07) is 7.07. The van der Waals surface area contributed by atoms with E-state index < -0.39 is 33.4 Å². The lowest BCUT2D eigenvalue weighted by Gasteiger charge is -2.22. The average molecular weight is 419 g/mol. The van der Waals surface area contributed by atoms with Gasteiger partial charge in [-0.25, -0.2) is 17.2 Å². The first-order chi connectivity index (χ1) is 13.1. The van der Waals surface area contributed by atoms with Gasteiger partial charge in [0.1, 0.15) is 11.6 Å². The molecule has 9 heteroatoms. The second-order valence-corrected chi connectivity index (χ2v) is 8.81. The summed E-state index contributed by atoms with van der Waals surface area (Å²) in [5.41, 5.74) is -0.266. The third kappa shape index (κ3) is 5.08. The molecule has 3 rings (SSSR count). The summed E-state index contributed by atoms with van der Waals surface area (Å²) in [4.78, 5) is 0. The highest BCUT2D eigenvalue weighted by molar-refractivity contribution is 7.89. The second-order valence-electron chi connectivity index (χ2n) is 6.77. The number of sulfonamides is 1. The van der Waals surface area contributed by atoms with Gasteiger partial charge in [0.05, 0.1) is 11.3 Å². The number of hydrogen-bond donors (Lipinski definition) is 0. The molecule has 0 amide bonds. The molecule has 0 radical (unpaired) electrons. The predicted molar refractivity (Wildman–Crippen MR) is 93.9 cm³/mol. The fraction of sp³-hybridized carbons (Fsp3) is 0.368. The zero-order chi connectivity index (χ0) is 20.5. The highest BCUT2D eigenvalue weighted by atomic mass is 32.2. The Balaban J connectivity index is 1.70. The Morgan fingerprint density at radius 3 is 2.18 bits per heavy atom. The molecule has 0 bridgehead atoms. The van der Waals surface area contributed by atoms with Gasteiger partial charge in [-0.3, -0.25) is 0 Å². The molecule has 0 atom stereocenters. The van der Waals surface area contributed by atoms with E-state index >= 15 is 0 Å². The Morgan fingerprint density at radius 2 is 1.64 bits per heavy atom. The SMILES string of the molecule is O=S(=O)(CCc1ccc(C(F)(F)F)cc1)N(Cc1ccc(F)cc1F)C1CC1. The molecule has 0 N–H and O–H groups in total.